The van der Waals surface area contributed by atoms with Crippen LogP contribution in [0, 0.1) is 0 Å². The molecule has 21 heavy (non-hydrogen) atoms. The largest absolute Gasteiger partial charge is 0.399 e. The number of nitrogen functional groups attached to an aromatic ring is 1. The maximum Gasteiger partial charge on any atom is 0.228 e. The number of aliphatic hydroxyl groups is 1. The SMILES string of the molecule is Bc1cnc(Nc2ccc(N)cc2)nc1S[C@H](C)[C@@H](C)O. The van der Waals surface area contributed by atoms with Crippen LogP contribution in [0.5, 0.6) is 0 Å². The van der Waals surface area contributed by atoms with Gasteiger partial charge in [0.2, 0.25) is 5.95 Å². The van der Waals surface area contributed by atoms with Gasteiger partial charge in [0, 0.05) is 22.8 Å². The Morgan fingerprint density at radius 1 is 1.29 bits per heavy atom. The predicted molar refractivity (Wildman–Crippen MR) is 91.3 cm³/mol. The Balaban J connectivity index is 2.16. The molecule has 0 saturated carbocycles. The van der Waals surface area contributed by atoms with Crippen molar-refractivity contribution in [1.29, 1.82) is 0 Å². The molecule has 0 saturated heterocycles. The Kier molecular flexibility index (Phi) is 5.09. The van der Waals surface area contributed by atoms with Gasteiger partial charge in [0.15, 0.2) is 0 Å². The fourth-order valence-corrected chi connectivity index (χ4v) is 2.50. The molecule has 1 aromatic carbocycles. The maximum absolute atomic E-state index is 9.61. The second kappa shape index (κ2) is 6.82. The van der Waals surface area contributed by atoms with E-state index in [1.807, 2.05) is 39.0 Å². The third-order valence-corrected chi connectivity index (χ3v) is 4.47. The van der Waals surface area contributed by atoms with Crippen LogP contribution in [-0.2, 0) is 0 Å². The summed E-state index contributed by atoms with van der Waals surface area (Å²) in [5.74, 6) is 0.533. The number of benzene rings is 1. The first-order chi connectivity index (χ1) is 9.95. The Morgan fingerprint density at radius 3 is 2.57 bits per heavy atom. The van der Waals surface area contributed by atoms with Crippen LogP contribution in [0.2, 0.25) is 0 Å². The van der Waals surface area contributed by atoms with Gasteiger partial charge >= 0.3 is 0 Å². The standard InChI is InChI=1S/C14H19BN4OS/c1-8(20)9(2)21-13-12(15)7-17-14(19-13)18-11-5-3-10(16)4-6-11/h3-9,20H,15-16H2,1-2H3,(H,17,18,19)/t8-,9-/m1/s1. The summed E-state index contributed by atoms with van der Waals surface area (Å²) in [6, 6.07) is 7.40. The predicted octanol–water partition coefficient (Wildman–Crippen LogP) is 0.922. The topological polar surface area (TPSA) is 84.1 Å². The summed E-state index contributed by atoms with van der Waals surface area (Å²) in [7, 11) is 1.96. The summed E-state index contributed by atoms with van der Waals surface area (Å²) >= 11 is 1.54. The minimum atomic E-state index is -0.391. The molecule has 5 nitrogen and oxygen atoms in total. The quantitative estimate of drug-likeness (QED) is 0.330. The number of hydrogen-bond donors (Lipinski definition) is 3. The Bertz CT molecular complexity index is 606. The van der Waals surface area contributed by atoms with Crippen molar-refractivity contribution in [3.63, 3.8) is 0 Å². The van der Waals surface area contributed by atoms with Gasteiger partial charge in [-0.3, -0.25) is 0 Å². The summed E-state index contributed by atoms with van der Waals surface area (Å²) in [6.45, 7) is 3.76. The van der Waals surface area contributed by atoms with Crippen molar-refractivity contribution in [3.8, 4) is 0 Å². The van der Waals surface area contributed by atoms with E-state index < -0.39 is 6.10 Å². The third kappa shape index (κ3) is 4.37. The molecule has 0 aliphatic rings. The molecule has 4 N–H and O–H groups in total. The van der Waals surface area contributed by atoms with Crippen molar-refractivity contribution < 1.29 is 5.11 Å². The van der Waals surface area contributed by atoms with Gasteiger partial charge in [-0.1, -0.05) is 6.92 Å². The van der Waals surface area contributed by atoms with Crippen LogP contribution in [0.3, 0.4) is 0 Å². The summed E-state index contributed by atoms with van der Waals surface area (Å²) < 4.78 is 0. The molecule has 110 valence electrons. The summed E-state index contributed by atoms with van der Waals surface area (Å²) in [5.41, 5.74) is 8.25. The van der Waals surface area contributed by atoms with Crippen LogP contribution < -0.4 is 16.5 Å². The number of nitrogens with zero attached hydrogens (tertiary/aromatic N) is 2. The van der Waals surface area contributed by atoms with Crippen LogP contribution in [-0.4, -0.2) is 34.3 Å². The van der Waals surface area contributed by atoms with Crippen LogP contribution in [0.15, 0.2) is 35.5 Å². The van der Waals surface area contributed by atoms with Crippen molar-refractivity contribution in [2.45, 2.75) is 30.2 Å². The summed E-state index contributed by atoms with van der Waals surface area (Å²) in [4.78, 5) is 8.79. The molecule has 0 aliphatic heterocycles. The zero-order valence-corrected chi connectivity index (χ0v) is 13.2. The fraction of sp³-hybridized carbons (Fsp3) is 0.286. The molecular weight excluding hydrogens is 283 g/mol. The minimum Gasteiger partial charge on any atom is -0.399 e. The number of rotatable bonds is 5. The van der Waals surface area contributed by atoms with Crippen molar-refractivity contribution in [2.24, 2.45) is 0 Å². The molecule has 0 fully saturated rings. The van der Waals surface area contributed by atoms with E-state index in [2.05, 4.69) is 15.3 Å². The molecule has 2 rings (SSSR count). The number of hydrogen-bond acceptors (Lipinski definition) is 6. The fourth-order valence-electron chi connectivity index (χ4n) is 1.58. The molecule has 2 aromatic rings. The van der Waals surface area contributed by atoms with Gasteiger partial charge in [0.1, 0.15) is 7.85 Å². The maximum atomic E-state index is 9.61. The molecule has 0 amide bonds. The highest BCUT2D eigenvalue weighted by Gasteiger charge is 2.13. The van der Waals surface area contributed by atoms with Gasteiger partial charge in [0.05, 0.1) is 11.1 Å². The highest BCUT2D eigenvalue weighted by molar-refractivity contribution is 8.00. The van der Waals surface area contributed by atoms with Gasteiger partial charge in [-0.2, -0.15) is 0 Å². The summed E-state index contributed by atoms with van der Waals surface area (Å²) in [6.07, 6.45) is 1.39. The minimum absolute atomic E-state index is 0.0722. The molecule has 1 aromatic heterocycles. The average Bonchev–Trinajstić information content (AvgIpc) is 2.45. The Hall–Kier alpha value is -1.73. The van der Waals surface area contributed by atoms with Gasteiger partial charge in [0.25, 0.3) is 0 Å². The second-order valence-electron chi connectivity index (χ2n) is 4.99. The van der Waals surface area contributed by atoms with Crippen molar-refractivity contribution >= 4 is 42.4 Å². The van der Waals surface area contributed by atoms with E-state index in [1.165, 1.54) is 0 Å². The molecule has 0 bridgehead atoms. The zero-order valence-electron chi connectivity index (χ0n) is 12.4. The normalized spacial score (nSPS) is 13.7. The molecule has 0 unspecified atom stereocenters. The van der Waals surface area contributed by atoms with E-state index in [4.69, 9.17) is 5.73 Å². The van der Waals surface area contributed by atoms with Crippen LogP contribution in [0.1, 0.15) is 13.8 Å². The van der Waals surface area contributed by atoms with Crippen molar-refractivity contribution in [1.82, 2.24) is 9.97 Å². The highest BCUT2D eigenvalue weighted by Crippen LogP contribution is 2.23. The van der Waals surface area contributed by atoms with Gasteiger partial charge in [-0.25, -0.2) is 9.97 Å². The van der Waals surface area contributed by atoms with Crippen molar-refractivity contribution in [3.05, 3.63) is 30.5 Å². The lowest BCUT2D eigenvalue weighted by Gasteiger charge is -2.15. The van der Waals surface area contributed by atoms with Gasteiger partial charge in [-0.05, 0) is 36.7 Å². The Labute approximate surface area is 129 Å². The lowest BCUT2D eigenvalue weighted by atomic mass is 10.0. The smallest absolute Gasteiger partial charge is 0.228 e. The van der Waals surface area contributed by atoms with Crippen LogP contribution >= 0.6 is 11.8 Å². The molecule has 7 heteroatoms. The van der Waals surface area contributed by atoms with Crippen LogP contribution in [0.25, 0.3) is 0 Å². The van der Waals surface area contributed by atoms with Crippen LogP contribution in [0.4, 0.5) is 17.3 Å². The lowest BCUT2D eigenvalue weighted by Crippen LogP contribution is -2.19. The Morgan fingerprint density at radius 2 is 1.95 bits per heavy atom. The number of nitrogens with two attached hydrogens (primary N) is 1. The van der Waals surface area contributed by atoms with E-state index in [0.717, 1.165) is 16.2 Å². The first-order valence-electron chi connectivity index (χ1n) is 6.76. The second-order valence-corrected chi connectivity index (χ2v) is 6.36. The van der Waals surface area contributed by atoms with Gasteiger partial charge < -0.3 is 16.2 Å². The molecule has 0 radical (unpaired) electrons. The molecular formula is C14H19BN4OS. The van der Waals surface area contributed by atoms with E-state index in [-0.39, 0.29) is 5.25 Å². The van der Waals surface area contributed by atoms with E-state index >= 15 is 0 Å². The third-order valence-electron chi connectivity index (χ3n) is 3.07. The lowest BCUT2D eigenvalue weighted by molar-refractivity contribution is 0.196. The zero-order chi connectivity index (χ0) is 15.4. The monoisotopic (exact) mass is 302 g/mol. The van der Waals surface area contributed by atoms with Crippen molar-refractivity contribution in [2.75, 3.05) is 11.1 Å². The number of nitrogens with one attached hydrogen (secondary N) is 1. The van der Waals surface area contributed by atoms with E-state index in [0.29, 0.717) is 11.6 Å². The molecule has 0 spiro atoms. The number of aromatic nitrogens is 2. The number of anilines is 3. The summed E-state index contributed by atoms with van der Waals surface area (Å²) in [5, 5.41) is 13.7. The first kappa shape index (κ1) is 15.7. The van der Waals surface area contributed by atoms with E-state index in [1.54, 1.807) is 24.9 Å². The first-order valence-corrected chi connectivity index (χ1v) is 7.64. The molecule has 2 atom stereocenters. The molecule has 0 aliphatic carbocycles. The highest BCUT2D eigenvalue weighted by atomic mass is 32.2. The van der Waals surface area contributed by atoms with Gasteiger partial charge in [-0.15, -0.1) is 11.8 Å². The number of thioether (sulfide) groups is 1. The van der Waals surface area contributed by atoms with E-state index in [9.17, 15) is 5.11 Å². The molecule has 1 heterocycles. The number of aliphatic hydroxyl groups excluding tert-OH is 1. The average molecular weight is 302 g/mol.